The Kier molecular flexibility index (Phi) is 4.15. The molecule has 2 aromatic rings. The summed E-state index contributed by atoms with van der Waals surface area (Å²) in [7, 11) is 0. The van der Waals surface area contributed by atoms with Gasteiger partial charge in [0.2, 0.25) is 17.2 Å². The topological polar surface area (TPSA) is 66.8 Å². The third-order valence-corrected chi connectivity index (χ3v) is 3.58. The van der Waals surface area contributed by atoms with Gasteiger partial charge in [-0.1, -0.05) is 6.07 Å². The zero-order chi connectivity index (χ0) is 14.7. The molecule has 1 aliphatic rings. The van der Waals surface area contributed by atoms with Crippen LogP contribution in [0.4, 0.5) is 11.9 Å². The van der Waals surface area contributed by atoms with Gasteiger partial charge in [-0.05, 0) is 43.0 Å². The van der Waals surface area contributed by atoms with Crippen LogP contribution in [-0.2, 0) is 6.54 Å². The van der Waals surface area contributed by atoms with Gasteiger partial charge in [-0.3, -0.25) is 4.98 Å². The lowest BCUT2D eigenvalue weighted by Crippen LogP contribution is -2.21. The molecular weight excluding hydrogens is 288 g/mol. The van der Waals surface area contributed by atoms with E-state index in [2.05, 4.69) is 30.2 Å². The quantitative estimate of drug-likeness (QED) is 0.936. The van der Waals surface area contributed by atoms with Gasteiger partial charge in [0, 0.05) is 31.5 Å². The van der Waals surface area contributed by atoms with Gasteiger partial charge in [0.15, 0.2) is 0 Å². The number of nitrogens with one attached hydrogen (secondary N) is 1. The van der Waals surface area contributed by atoms with E-state index in [1.54, 1.807) is 0 Å². The summed E-state index contributed by atoms with van der Waals surface area (Å²) in [5.41, 5.74) is 2.07. The van der Waals surface area contributed by atoms with Crippen LogP contribution in [0.15, 0.2) is 18.3 Å². The highest BCUT2D eigenvalue weighted by atomic mass is 35.5. The smallest absolute Gasteiger partial charge is 0.231 e. The Morgan fingerprint density at radius 1 is 1.19 bits per heavy atom. The maximum Gasteiger partial charge on any atom is 0.231 e. The molecule has 2 aromatic heterocycles. The first-order valence-electron chi connectivity index (χ1n) is 7.02. The molecule has 3 rings (SSSR count). The summed E-state index contributed by atoms with van der Waals surface area (Å²) in [5.74, 6) is 1.15. The van der Waals surface area contributed by atoms with Gasteiger partial charge in [0.1, 0.15) is 0 Å². The molecule has 0 unspecified atom stereocenters. The second kappa shape index (κ2) is 6.22. The van der Waals surface area contributed by atoms with Crippen molar-refractivity contribution in [1.82, 2.24) is 19.9 Å². The van der Waals surface area contributed by atoms with Crippen molar-refractivity contribution < 1.29 is 0 Å². The number of anilines is 2. The normalized spacial score (nSPS) is 14.5. The van der Waals surface area contributed by atoms with Crippen LogP contribution in [-0.4, -0.2) is 33.0 Å². The maximum atomic E-state index is 5.99. The zero-order valence-corrected chi connectivity index (χ0v) is 12.6. The van der Waals surface area contributed by atoms with E-state index in [1.807, 2.05) is 25.3 Å². The maximum absolute atomic E-state index is 5.99. The van der Waals surface area contributed by atoms with E-state index in [0.29, 0.717) is 18.4 Å². The SMILES string of the molecule is Cc1ccc(CNc2nc(Cl)nc(N3CCCC3)n2)cn1. The third kappa shape index (κ3) is 3.58. The Hall–Kier alpha value is -1.95. The average molecular weight is 305 g/mol. The molecule has 0 radical (unpaired) electrons. The van der Waals surface area contributed by atoms with Crippen molar-refractivity contribution in [1.29, 1.82) is 0 Å². The second-order valence-corrected chi connectivity index (χ2v) is 5.42. The molecular formula is C14H17ClN6. The van der Waals surface area contributed by atoms with E-state index in [0.717, 1.165) is 24.3 Å². The molecule has 7 heteroatoms. The number of nitrogens with zero attached hydrogens (tertiary/aromatic N) is 5. The Labute approximate surface area is 128 Å². The number of aromatic nitrogens is 4. The van der Waals surface area contributed by atoms with E-state index in [-0.39, 0.29) is 5.28 Å². The molecule has 1 N–H and O–H groups in total. The molecule has 0 amide bonds. The van der Waals surface area contributed by atoms with Gasteiger partial charge in [-0.25, -0.2) is 0 Å². The van der Waals surface area contributed by atoms with Crippen molar-refractivity contribution >= 4 is 23.5 Å². The molecule has 1 aliphatic heterocycles. The van der Waals surface area contributed by atoms with Crippen molar-refractivity contribution in [2.45, 2.75) is 26.3 Å². The highest BCUT2D eigenvalue weighted by Crippen LogP contribution is 2.18. The molecule has 1 saturated heterocycles. The Morgan fingerprint density at radius 3 is 2.71 bits per heavy atom. The van der Waals surface area contributed by atoms with Crippen LogP contribution in [0.1, 0.15) is 24.1 Å². The first-order chi connectivity index (χ1) is 10.2. The minimum absolute atomic E-state index is 0.219. The molecule has 0 bridgehead atoms. The number of pyridine rings is 1. The van der Waals surface area contributed by atoms with Crippen LogP contribution < -0.4 is 10.2 Å². The minimum Gasteiger partial charge on any atom is -0.350 e. The third-order valence-electron chi connectivity index (χ3n) is 3.41. The molecule has 0 saturated carbocycles. The monoisotopic (exact) mass is 304 g/mol. The minimum atomic E-state index is 0.219. The second-order valence-electron chi connectivity index (χ2n) is 5.08. The van der Waals surface area contributed by atoms with E-state index >= 15 is 0 Å². The molecule has 0 spiro atoms. The first kappa shape index (κ1) is 14.0. The average Bonchev–Trinajstić information content (AvgIpc) is 3.00. The molecule has 6 nitrogen and oxygen atoms in total. The molecule has 21 heavy (non-hydrogen) atoms. The van der Waals surface area contributed by atoms with Gasteiger partial charge in [-0.2, -0.15) is 15.0 Å². The highest BCUT2D eigenvalue weighted by molar-refractivity contribution is 6.28. The van der Waals surface area contributed by atoms with Crippen molar-refractivity contribution in [3.8, 4) is 0 Å². The molecule has 110 valence electrons. The first-order valence-corrected chi connectivity index (χ1v) is 7.40. The number of hydrogen-bond donors (Lipinski definition) is 1. The van der Waals surface area contributed by atoms with Gasteiger partial charge in [0.05, 0.1) is 0 Å². The largest absolute Gasteiger partial charge is 0.350 e. The van der Waals surface area contributed by atoms with E-state index < -0.39 is 0 Å². The van der Waals surface area contributed by atoms with Crippen LogP contribution in [0.2, 0.25) is 5.28 Å². The van der Waals surface area contributed by atoms with Crippen LogP contribution in [0.3, 0.4) is 0 Å². The molecule has 0 aromatic carbocycles. The standard InChI is InChI=1S/C14H17ClN6/c1-10-4-5-11(8-16-10)9-17-13-18-12(15)19-14(20-13)21-6-2-3-7-21/h4-5,8H,2-3,6-7,9H2,1H3,(H,17,18,19,20). The Bertz CT molecular complexity index is 609. The van der Waals surface area contributed by atoms with E-state index in [1.165, 1.54) is 12.8 Å². The molecule has 1 fully saturated rings. The predicted molar refractivity (Wildman–Crippen MR) is 82.6 cm³/mol. The lowest BCUT2D eigenvalue weighted by atomic mass is 10.2. The van der Waals surface area contributed by atoms with Crippen LogP contribution in [0.25, 0.3) is 0 Å². The van der Waals surface area contributed by atoms with Gasteiger partial charge < -0.3 is 10.2 Å². The fourth-order valence-electron chi connectivity index (χ4n) is 2.26. The molecule has 0 atom stereocenters. The van der Waals surface area contributed by atoms with Crippen molar-refractivity contribution in [3.05, 3.63) is 34.9 Å². The summed E-state index contributed by atoms with van der Waals surface area (Å²) >= 11 is 5.99. The summed E-state index contributed by atoms with van der Waals surface area (Å²) in [5, 5.41) is 3.39. The van der Waals surface area contributed by atoms with Gasteiger partial charge in [0.25, 0.3) is 0 Å². The van der Waals surface area contributed by atoms with Crippen molar-refractivity contribution in [3.63, 3.8) is 0 Å². The summed E-state index contributed by atoms with van der Waals surface area (Å²) in [4.78, 5) is 19.2. The number of hydrogen-bond acceptors (Lipinski definition) is 6. The lowest BCUT2D eigenvalue weighted by molar-refractivity contribution is 0.875. The van der Waals surface area contributed by atoms with Crippen LogP contribution in [0, 0.1) is 6.92 Å². The predicted octanol–water partition coefficient (Wildman–Crippen LogP) is 2.44. The number of rotatable bonds is 4. The summed E-state index contributed by atoms with van der Waals surface area (Å²) in [6, 6.07) is 4.01. The zero-order valence-electron chi connectivity index (χ0n) is 11.9. The fraction of sp³-hybridized carbons (Fsp3) is 0.429. The van der Waals surface area contributed by atoms with Crippen LogP contribution >= 0.6 is 11.6 Å². The Balaban J connectivity index is 1.71. The van der Waals surface area contributed by atoms with Gasteiger partial charge in [-0.15, -0.1) is 0 Å². The number of halogens is 1. The summed E-state index contributed by atoms with van der Waals surface area (Å²) in [6.45, 7) is 4.52. The van der Waals surface area contributed by atoms with Crippen LogP contribution in [0.5, 0.6) is 0 Å². The number of aryl methyl sites for hydroxylation is 1. The molecule has 3 heterocycles. The summed E-state index contributed by atoms with van der Waals surface area (Å²) in [6.07, 6.45) is 4.18. The van der Waals surface area contributed by atoms with E-state index in [9.17, 15) is 0 Å². The molecule has 0 aliphatic carbocycles. The van der Waals surface area contributed by atoms with Gasteiger partial charge >= 0.3 is 0 Å². The fourth-order valence-corrected chi connectivity index (χ4v) is 2.42. The van der Waals surface area contributed by atoms with Crippen molar-refractivity contribution in [2.24, 2.45) is 0 Å². The highest BCUT2D eigenvalue weighted by Gasteiger charge is 2.16. The Morgan fingerprint density at radius 2 is 2.00 bits per heavy atom. The summed E-state index contributed by atoms with van der Waals surface area (Å²) < 4.78 is 0. The van der Waals surface area contributed by atoms with Crippen molar-refractivity contribution in [2.75, 3.05) is 23.3 Å². The lowest BCUT2D eigenvalue weighted by Gasteiger charge is -2.15. The van der Waals surface area contributed by atoms with E-state index in [4.69, 9.17) is 11.6 Å².